The van der Waals surface area contributed by atoms with E-state index in [0.29, 0.717) is 21.2 Å². The van der Waals surface area contributed by atoms with Crippen LogP contribution in [0.5, 0.6) is 23.0 Å². The Hall–Kier alpha value is -6.09. The maximum Gasteiger partial charge on any atom is 0.265 e. The van der Waals surface area contributed by atoms with E-state index in [-0.39, 0.29) is 62.4 Å². The van der Waals surface area contributed by atoms with Crippen molar-refractivity contribution in [2.24, 2.45) is 0 Å². The number of aromatic nitrogens is 4. The van der Waals surface area contributed by atoms with Gasteiger partial charge < -0.3 is 20.4 Å². The van der Waals surface area contributed by atoms with E-state index in [1.54, 1.807) is 36.4 Å². The van der Waals surface area contributed by atoms with Gasteiger partial charge in [-0.25, -0.2) is 19.9 Å². The molecule has 2 aliphatic rings. The fourth-order valence-corrected chi connectivity index (χ4v) is 6.33. The first-order valence-electron chi connectivity index (χ1n) is 14.7. The zero-order valence-electron chi connectivity index (χ0n) is 25.5. The maximum absolute atomic E-state index is 12.7. The summed E-state index contributed by atoms with van der Waals surface area (Å²) in [6, 6.07) is 11.4. The summed E-state index contributed by atoms with van der Waals surface area (Å²) in [6.45, 7) is -0.137. The molecule has 51 heavy (non-hydrogen) atoms. The maximum atomic E-state index is 12.7. The van der Waals surface area contributed by atoms with Gasteiger partial charge in [0.25, 0.3) is 23.6 Å². The molecular weight excluding hydrogens is 727 g/mol. The summed E-state index contributed by atoms with van der Waals surface area (Å²) in [6.07, 6.45) is 5.25. The van der Waals surface area contributed by atoms with Crippen molar-refractivity contribution >= 4 is 80.5 Å². The molecule has 4 amide bonds. The largest absolute Gasteiger partial charge is 0.505 e. The van der Waals surface area contributed by atoms with Crippen LogP contribution < -0.4 is 0 Å². The predicted molar refractivity (Wildman–Crippen MR) is 182 cm³/mol. The molecule has 8 rings (SSSR count). The van der Waals surface area contributed by atoms with Crippen LogP contribution in [0.1, 0.15) is 52.6 Å². The van der Waals surface area contributed by atoms with Gasteiger partial charge in [0.05, 0.1) is 23.1 Å². The van der Waals surface area contributed by atoms with Crippen LogP contribution in [-0.2, 0) is 13.1 Å². The number of aromatic hydroxyl groups is 4. The molecule has 6 aromatic rings. The van der Waals surface area contributed by atoms with Crippen LogP contribution >= 0.6 is 34.8 Å². The van der Waals surface area contributed by atoms with Crippen molar-refractivity contribution in [3.05, 3.63) is 116 Å². The molecule has 14 nitrogen and oxygen atoms in total. The lowest BCUT2D eigenvalue weighted by Gasteiger charge is -2.14. The average molecular weight is 746 g/mol. The van der Waals surface area contributed by atoms with E-state index in [1.807, 2.05) is 0 Å². The zero-order chi connectivity index (χ0) is 36.3. The van der Waals surface area contributed by atoms with Crippen LogP contribution in [0.25, 0.3) is 22.1 Å². The van der Waals surface area contributed by atoms with Crippen LogP contribution in [0.15, 0.2) is 67.3 Å². The first-order valence-corrected chi connectivity index (χ1v) is 15.8. The number of amides is 4. The lowest BCUT2D eigenvalue weighted by molar-refractivity contribution is 0.0625. The van der Waals surface area contributed by atoms with Gasteiger partial charge >= 0.3 is 0 Å². The highest BCUT2D eigenvalue weighted by molar-refractivity contribution is 6.42. The topological polar surface area (TPSA) is 207 Å². The molecular formula is C34H19Cl3N6O8. The molecule has 0 bridgehead atoms. The van der Waals surface area contributed by atoms with E-state index in [2.05, 4.69) is 19.9 Å². The Bertz CT molecular complexity index is 2410. The fourth-order valence-electron chi connectivity index (χ4n) is 5.80. The molecule has 0 unspecified atom stereocenters. The second kappa shape index (κ2) is 12.7. The lowest BCUT2D eigenvalue weighted by Crippen LogP contribution is -2.29. The number of nitrogens with zero attached hydrogens (tertiary/aromatic N) is 6. The molecule has 0 saturated carbocycles. The van der Waals surface area contributed by atoms with Crippen molar-refractivity contribution in [2.45, 2.75) is 13.1 Å². The second-order valence-electron chi connectivity index (χ2n) is 11.2. The van der Waals surface area contributed by atoms with Gasteiger partial charge in [0.1, 0.15) is 44.3 Å². The van der Waals surface area contributed by atoms with Gasteiger partial charge in [0.2, 0.25) is 0 Å². The molecule has 2 aromatic heterocycles. The number of phenols is 4. The zero-order valence-corrected chi connectivity index (χ0v) is 27.8. The second-order valence-corrected chi connectivity index (χ2v) is 12.4. The lowest BCUT2D eigenvalue weighted by atomic mass is 10.1. The van der Waals surface area contributed by atoms with Crippen molar-refractivity contribution in [3.8, 4) is 23.0 Å². The van der Waals surface area contributed by atoms with Gasteiger partial charge in [-0.1, -0.05) is 53.0 Å². The summed E-state index contributed by atoms with van der Waals surface area (Å²) in [4.78, 5) is 68.3. The van der Waals surface area contributed by atoms with Crippen molar-refractivity contribution in [1.82, 2.24) is 29.7 Å². The van der Waals surface area contributed by atoms with E-state index in [0.717, 1.165) is 9.80 Å². The van der Waals surface area contributed by atoms with Crippen LogP contribution in [0.4, 0.5) is 0 Å². The fraction of sp³-hybridized carbons (Fsp3) is 0.0588. The molecule has 0 spiro atoms. The van der Waals surface area contributed by atoms with Gasteiger partial charge in [0.15, 0.2) is 23.0 Å². The van der Waals surface area contributed by atoms with Crippen molar-refractivity contribution < 1.29 is 39.6 Å². The van der Waals surface area contributed by atoms with Gasteiger partial charge in [-0.05, 0) is 35.4 Å². The Balaban J connectivity index is 0.000000159. The minimum atomic E-state index is -0.739. The molecule has 4 N–H and O–H groups in total. The Morgan fingerprint density at radius 1 is 0.490 bits per heavy atom. The third-order valence-corrected chi connectivity index (χ3v) is 9.11. The number of fused-ring (bicyclic) bond motifs is 4. The first-order chi connectivity index (χ1) is 24.4. The van der Waals surface area contributed by atoms with Crippen LogP contribution in [0.2, 0.25) is 15.1 Å². The third kappa shape index (κ3) is 5.45. The SMILES string of the molecule is O=C1c2c(c(O)c3nccnc3c2O)C(=O)N1Cc1ccc(Cl)c(Cl)c1.O=C1c2c(c(O)c3nccnc3c2O)C(=O)N1Cc1cccc(Cl)c1. The number of hydrogen-bond donors (Lipinski definition) is 4. The number of benzene rings is 4. The standard InChI is InChI=1S/C17H9Cl2N3O4.C17H10ClN3O4/c18-8-2-1-7(5-9(8)19)6-22-16(25)10-11(17(22)26)15(24)13-12(14(10)23)20-3-4-21-13;18-9-3-1-2-8(6-9)7-21-16(24)10-11(17(21)25)15(23)13-12(14(10)22)19-4-5-20-13/h1-5,23-24H,6H2;1-6,22-23H,7H2. The van der Waals surface area contributed by atoms with Crippen LogP contribution in [0.3, 0.4) is 0 Å². The highest BCUT2D eigenvalue weighted by Gasteiger charge is 2.43. The smallest absolute Gasteiger partial charge is 0.265 e. The summed E-state index contributed by atoms with van der Waals surface area (Å²) >= 11 is 17.8. The van der Waals surface area contributed by atoms with E-state index in [4.69, 9.17) is 34.8 Å². The van der Waals surface area contributed by atoms with E-state index < -0.39 is 46.6 Å². The van der Waals surface area contributed by atoms with Crippen molar-refractivity contribution in [3.63, 3.8) is 0 Å². The third-order valence-electron chi connectivity index (χ3n) is 8.13. The number of rotatable bonds is 4. The van der Waals surface area contributed by atoms with Crippen molar-refractivity contribution in [2.75, 3.05) is 0 Å². The number of imide groups is 2. The molecule has 0 saturated heterocycles. The van der Waals surface area contributed by atoms with Gasteiger partial charge in [-0.2, -0.15) is 0 Å². The molecule has 17 heteroatoms. The number of halogens is 3. The number of phenolic OH excluding ortho intramolecular Hbond substituents is 4. The molecule has 4 aromatic carbocycles. The van der Waals surface area contributed by atoms with Gasteiger partial charge in [0, 0.05) is 29.8 Å². The average Bonchev–Trinajstić information content (AvgIpc) is 3.52. The number of hydrogen-bond acceptors (Lipinski definition) is 12. The molecule has 0 atom stereocenters. The Morgan fingerprint density at radius 2 is 0.863 bits per heavy atom. The van der Waals surface area contributed by atoms with Crippen LogP contribution in [0, 0.1) is 0 Å². The van der Waals surface area contributed by atoms with Crippen LogP contribution in [-0.4, -0.2) is 73.8 Å². The summed E-state index contributed by atoms with van der Waals surface area (Å²) < 4.78 is 0. The predicted octanol–water partition coefficient (Wildman–Crippen LogP) is 5.63. The molecule has 2 aliphatic heterocycles. The van der Waals surface area contributed by atoms with Crippen molar-refractivity contribution in [1.29, 1.82) is 0 Å². The van der Waals surface area contributed by atoms with E-state index >= 15 is 0 Å². The summed E-state index contributed by atoms with van der Waals surface area (Å²) in [5, 5.41) is 42.6. The summed E-state index contributed by atoms with van der Waals surface area (Å²) in [5.41, 5.74) is -0.0942. The molecule has 0 aliphatic carbocycles. The number of carbonyl (C=O) groups excluding carboxylic acids is 4. The Morgan fingerprint density at radius 3 is 1.22 bits per heavy atom. The normalized spacial score (nSPS) is 13.5. The number of carbonyl (C=O) groups is 4. The van der Waals surface area contributed by atoms with Gasteiger partial charge in [-0.15, -0.1) is 0 Å². The quantitative estimate of drug-likeness (QED) is 0.128. The Labute approximate surface area is 300 Å². The monoisotopic (exact) mass is 744 g/mol. The summed E-state index contributed by atoms with van der Waals surface area (Å²) in [5.74, 6) is -4.81. The minimum Gasteiger partial charge on any atom is -0.505 e. The Kier molecular flexibility index (Phi) is 8.29. The molecule has 254 valence electrons. The minimum absolute atomic E-state index is 0.0375. The first kappa shape index (κ1) is 33.4. The highest BCUT2D eigenvalue weighted by Crippen LogP contribution is 2.44. The summed E-state index contributed by atoms with van der Waals surface area (Å²) in [7, 11) is 0. The highest BCUT2D eigenvalue weighted by atomic mass is 35.5. The molecule has 4 heterocycles. The van der Waals surface area contributed by atoms with E-state index in [9.17, 15) is 39.6 Å². The van der Waals surface area contributed by atoms with E-state index in [1.165, 1.54) is 30.9 Å². The van der Waals surface area contributed by atoms with Gasteiger partial charge in [-0.3, -0.25) is 29.0 Å². The molecule has 0 fully saturated rings. The molecule has 0 radical (unpaired) electrons.